The fourth-order valence-corrected chi connectivity index (χ4v) is 3.79. The Kier molecular flexibility index (Phi) is 4.95. The Morgan fingerprint density at radius 1 is 1.12 bits per heavy atom. The highest BCUT2D eigenvalue weighted by Gasteiger charge is 2.35. The largest absolute Gasteiger partial charge is 0.497 e. The van der Waals surface area contributed by atoms with Crippen molar-refractivity contribution < 1.29 is 13.9 Å². The van der Waals surface area contributed by atoms with Gasteiger partial charge in [0.25, 0.3) is 5.91 Å². The number of aromatic nitrogens is 3. The Morgan fingerprint density at radius 2 is 1.97 bits per heavy atom. The number of allylic oxidation sites excluding steroid dienone is 1. The Balaban J connectivity index is 1.62. The van der Waals surface area contributed by atoms with Crippen LogP contribution in [0.5, 0.6) is 5.75 Å². The molecule has 2 aromatic carbocycles. The second-order valence-corrected chi connectivity index (χ2v) is 7.34. The van der Waals surface area contributed by atoms with E-state index in [0.29, 0.717) is 40.2 Å². The van der Waals surface area contributed by atoms with Crippen LogP contribution < -0.4 is 15.4 Å². The topological polar surface area (TPSA) is 94.2 Å². The number of rotatable bonds is 5. The van der Waals surface area contributed by atoms with Crippen LogP contribution in [0, 0.1) is 0 Å². The van der Waals surface area contributed by atoms with Gasteiger partial charge >= 0.3 is 0 Å². The molecule has 2 aromatic heterocycles. The van der Waals surface area contributed by atoms with E-state index >= 15 is 0 Å². The molecule has 0 saturated heterocycles. The zero-order chi connectivity index (χ0) is 22.1. The molecule has 5 rings (SSSR count). The number of nitrogens with zero attached hydrogens (tertiary/aromatic N) is 3. The van der Waals surface area contributed by atoms with Crippen LogP contribution in [-0.2, 0) is 4.79 Å². The monoisotopic (exact) mass is 427 g/mol. The Labute approximate surface area is 184 Å². The van der Waals surface area contributed by atoms with Crippen LogP contribution in [0.1, 0.15) is 18.5 Å². The van der Waals surface area contributed by atoms with Gasteiger partial charge in [0.05, 0.1) is 18.9 Å². The van der Waals surface area contributed by atoms with Gasteiger partial charge in [-0.15, -0.1) is 5.10 Å². The number of carbonyl (C=O) groups is 1. The Morgan fingerprint density at radius 3 is 2.72 bits per heavy atom. The van der Waals surface area contributed by atoms with Gasteiger partial charge in [-0.25, -0.2) is 4.68 Å². The molecule has 0 spiro atoms. The molecule has 1 amide bonds. The van der Waals surface area contributed by atoms with Gasteiger partial charge in [-0.2, -0.15) is 4.98 Å². The summed E-state index contributed by atoms with van der Waals surface area (Å²) in [7, 11) is 1.61. The van der Waals surface area contributed by atoms with Crippen LogP contribution >= 0.6 is 0 Å². The summed E-state index contributed by atoms with van der Waals surface area (Å²) in [6.45, 7) is 1.86. The van der Waals surface area contributed by atoms with Crippen molar-refractivity contribution in [3.05, 3.63) is 89.8 Å². The number of benzene rings is 2. The summed E-state index contributed by atoms with van der Waals surface area (Å²) in [4.78, 5) is 18.0. The van der Waals surface area contributed by atoms with Gasteiger partial charge in [0, 0.05) is 11.4 Å². The first kappa shape index (κ1) is 19.6. The maximum Gasteiger partial charge on any atom is 0.255 e. The van der Waals surface area contributed by atoms with Crippen LogP contribution in [0.25, 0.3) is 11.6 Å². The van der Waals surface area contributed by atoms with Gasteiger partial charge in [0.1, 0.15) is 11.8 Å². The molecule has 0 bridgehead atoms. The van der Waals surface area contributed by atoms with Crippen molar-refractivity contribution in [3.63, 3.8) is 0 Å². The summed E-state index contributed by atoms with van der Waals surface area (Å²) in [6.07, 6.45) is 1.57. The quantitative estimate of drug-likeness (QED) is 0.488. The van der Waals surface area contributed by atoms with E-state index in [0.717, 1.165) is 5.56 Å². The van der Waals surface area contributed by atoms with Crippen LogP contribution in [0.2, 0.25) is 0 Å². The number of para-hydroxylation sites is 1. The number of ether oxygens (including phenoxy) is 1. The number of nitrogens with one attached hydrogen (secondary N) is 2. The Hall–Kier alpha value is -4.33. The molecule has 0 fully saturated rings. The van der Waals surface area contributed by atoms with E-state index in [1.807, 2.05) is 61.5 Å². The van der Waals surface area contributed by atoms with E-state index in [9.17, 15) is 4.79 Å². The van der Waals surface area contributed by atoms with Gasteiger partial charge in [-0.3, -0.25) is 4.79 Å². The first-order valence-corrected chi connectivity index (χ1v) is 10.1. The van der Waals surface area contributed by atoms with Gasteiger partial charge in [-0.1, -0.05) is 30.3 Å². The fraction of sp³-hybridized carbons (Fsp3) is 0.125. The minimum Gasteiger partial charge on any atom is -0.497 e. The summed E-state index contributed by atoms with van der Waals surface area (Å²) in [5, 5.41) is 10.9. The van der Waals surface area contributed by atoms with Crippen LogP contribution in [0.4, 0.5) is 11.6 Å². The van der Waals surface area contributed by atoms with E-state index in [1.165, 1.54) is 0 Å². The molecule has 1 atom stereocenters. The third-order valence-corrected chi connectivity index (χ3v) is 5.28. The number of hydrogen-bond donors (Lipinski definition) is 2. The highest BCUT2D eigenvalue weighted by molar-refractivity contribution is 6.06. The van der Waals surface area contributed by atoms with E-state index in [-0.39, 0.29) is 5.91 Å². The molecule has 1 unspecified atom stereocenters. The number of furan rings is 1. The maximum absolute atomic E-state index is 13.4. The first-order valence-electron chi connectivity index (χ1n) is 10.1. The van der Waals surface area contributed by atoms with Crippen molar-refractivity contribution in [2.45, 2.75) is 13.0 Å². The molecule has 3 heterocycles. The molecular weight excluding hydrogens is 406 g/mol. The standard InChI is InChI=1S/C24H21N5O3/c1-15-20(23(30)26-17-9-4-3-5-10-17)21(16-8-6-11-18(14-16)31-2)29-24(25-15)27-22(28-29)19-12-7-13-32-19/h3-14,21H,1-2H3,(H,26,30)(H,25,27,28). The van der Waals surface area contributed by atoms with Crippen molar-refractivity contribution in [3.8, 4) is 17.3 Å². The van der Waals surface area contributed by atoms with E-state index in [1.54, 1.807) is 30.2 Å². The minimum absolute atomic E-state index is 0.227. The summed E-state index contributed by atoms with van der Waals surface area (Å²) in [6, 6.07) is 20.0. The van der Waals surface area contributed by atoms with Gasteiger partial charge < -0.3 is 19.8 Å². The molecule has 1 aliphatic rings. The van der Waals surface area contributed by atoms with Crippen molar-refractivity contribution in [2.24, 2.45) is 0 Å². The third kappa shape index (κ3) is 3.51. The fourth-order valence-electron chi connectivity index (χ4n) is 3.79. The second kappa shape index (κ2) is 8.07. The normalized spacial score (nSPS) is 15.1. The number of carbonyl (C=O) groups excluding carboxylic acids is 1. The molecule has 160 valence electrons. The molecule has 1 aliphatic heterocycles. The predicted molar refractivity (Wildman–Crippen MR) is 120 cm³/mol. The third-order valence-electron chi connectivity index (χ3n) is 5.28. The van der Waals surface area contributed by atoms with Crippen LogP contribution in [0.3, 0.4) is 0 Å². The number of methoxy groups -OCH3 is 1. The van der Waals surface area contributed by atoms with Crippen molar-refractivity contribution in [1.82, 2.24) is 14.8 Å². The summed E-state index contributed by atoms with van der Waals surface area (Å²) >= 11 is 0. The molecule has 2 N–H and O–H groups in total. The molecule has 8 nitrogen and oxygen atoms in total. The number of anilines is 2. The van der Waals surface area contributed by atoms with E-state index in [2.05, 4.69) is 20.7 Å². The maximum atomic E-state index is 13.4. The van der Waals surface area contributed by atoms with Crippen LogP contribution in [-0.4, -0.2) is 27.8 Å². The molecule has 4 aromatic rings. The minimum atomic E-state index is -0.513. The molecule has 0 radical (unpaired) electrons. The predicted octanol–water partition coefficient (Wildman–Crippen LogP) is 4.47. The summed E-state index contributed by atoms with van der Waals surface area (Å²) < 4.78 is 12.6. The lowest BCUT2D eigenvalue weighted by Crippen LogP contribution is -2.31. The molecule has 32 heavy (non-hydrogen) atoms. The van der Waals surface area contributed by atoms with E-state index < -0.39 is 6.04 Å². The van der Waals surface area contributed by atoms with Crippen LogP contribution in [0.15, 0.2) is 88.7 Å². The average Bonchev–Trinajstić information content (AvgIpc) is 3.48. The number of hydrogen-bond acceptors (Lipinski definition) is 6. The molecule has 0 aliphatic carbocycles. The summed E-state index contributed by atoms with van der Waals surface area (Å²) in [5.41, 5.74) is 2.78. The SMILES string of the molecule is COc1cccc(C2C(C(=O)Nc3ccccc3)=C(C)Nc3nc(-c4ccco4)nn32)c1. The first-order chi connectivity index (χ1) is 15.6. The molecular formula is C24H21N5O3. The van der Waals surface area contributed by atoms with Gasteiger partial charge in [-0.05, 0) is 48.9 Å². The molecule has 0 saturated carbocycles. The average molecular weight is 427 g/mol. The van der Waals surface area contributed by atoms with Gasteiger partial charge in [0.15, 0.2) is 5.76 Å². The highest BCUT2D eigenvalue weighted by atomic mass is 16.5. The van der Waals surface area contributed by atoms with Gasteiger partial charge in [0.2, 0.25) is 11.8 Å². The summed E-state index contributed by atoms with van der Waals surface area (Å²) in [5.74, 6) is 1.97. The lowest BCUT2D eigenvalue weighted by Gasteiger charge is -2.28. The number of fused-ring (bicyclic) bond motifs is 1. The lowest BCUT2D eigenvalue weighted by atomic mass is 9.95. The Bertz CT molecular complexity index is 1290. The number of amides is 1. The van der Waals surface area contributed by atoms with Crippen molar-refractivity contribution >= 4 is 17.5 Å². The van der Waals surface area contributed by atoms with E-state index in [4.69, 9.17) is 9.15 Å². The second-order valence-electron chi connectivity index (χ2n) is 7.34. The lowest BCUT2D eigenvalue weighted by molar-refractivity contribution is -0.113. The highest BCUT2D eigenvalue weighted by Crippen LogP contribution is 2.37. The van der Waals surface area contributed by atoms with Crippen molar-refractivity contribution in [1.29, 1.82) is 0 Å². The molecule has 8 heteroatoms. The zero-order valence-electron chi connectivity index (χ0n) is 17.6. The van der Waals surface area contributed by atoms with Crippen molar-refractivity contribution in [2.75, 3.05) is 17.7 Å². The smallest absolute Gasteiger partial charge is 0.255 e. The zero-order valence-corrected chi connectivity index (χ0v) is 17.6.